The molecule has 2 bridgehead atoms. The average Bonchev–Trinajstić information content (AvgIpc) is 2.92. The number of ether oxygens (including phenoxy) is 1. The number of hydrogen-bond donors (Lipinski definition) is 1. The molecule has 1 heterocycles. The maximum absolute atomic E-state index is 5.95. The molecule has 2 nitrogen and oxygen atoms in total. The van der Waals surface area contributed by atoms with E-state index in [0.717, 1.165) is 31.0 Å². The second-order valence-electron chi connectivity index (χ2n) is 6.12. The maximum atomic E-state index is 5.95. The highest BCUT2D eigenvalue weighted by Crippen LogP contribution is 2.48. The van der Waals surface area contributed by atoms with Crippen molar-refractivity contribution >= 4 is 0 Å². The molecule has 16 heavy (non-hydrogen) atoms. The van der Waals surface area contributed by atoms with E-state index >= 15 is 0 Å². The number of rotatable bonds is 4. The van der Waals surface area contributed by atoms with Gasteiger partial charge >= 0.3 is 0 Å². The Balaban J connectivity index is 1.34. The Hall–Kier alpha value is -0.0800. The first kappa shape index (κ1) is 11.0. The summed E-state index contributed by atoms with van der Waals surface area (Å²) in [5.41, 5.74) is 0. The van der Waals surface area contributed by atoms with Crippen LogP contribution in [0.25, 0.3) is 0 Å². The molecule has 1 saturated heterocycles. The second kappa shape index (κ2) is 5.05. The Morgan fingerprint density at radius 3 is 2.69 bits per heavy atom. The van der Waals surface area contributed by atoms with Crippen molar-refractivity contribution < 1.29 is 4.74 Å². The van der Waals surface area contributed by atoms with Crippen LogP contribution in [0.15, 0.2) is 0 Å². The van der Waals surface area contributed by atoms with Crippen LogP contribution in [0.3, 0.4) is 0 Å². The van der Waals surface area contributed by atoms with Crippen molar-refractivity contribution in [1.29, 1.82) is 0 Å². The van der Waals surface area contributed by atoms with Crippen LogP contribution >= 0.6 is 0 Å². The van der Waals surface area contributed by atoms with Gasteiger partial charge in [0.2, 0.25) is 0 Å². The normalized spacial score (nSPS) is 42.8. The molecule has 0 spiro atoms. The van der Waals surface area contributed by atoms with Crippen LogP contribution in [0.5, 0.6) is 0 Å². The fraction of sp³-hybridized carbons (Fsp3) is 1.00. The highest BCUT2D eigenvalue weighted by molar-refractivity contribution is 4.89. The van der Waals surface area contributed by atoms with Crippen molar-refractivity contribution in [2.24, 2.45) is 17.8 Å². The van der Waals surface area contributed by atoms with Gasteiger partial charge in [-0.15, -0.1) is 0 Å². The quantitative estimate of drug-likeness (QED) is 0.791. The number of piperidine rings is 1. The lowest BCUT2D eigenvalue weighted by Crippen LogP contribution is -2.38. The summed E-state index contributed by atoms with van der Waals surface area (Å²) < 4.78 is 5.95. The van der Waals surface area contributed by atoms with Gasteiger partial charge in [0.15, 0.2) is 0 Å². The third kappa shape index (κ3) is 2.43. The molecule has 3 aliphatic rings. The SMILES string of the molecule is C1CCC(COCC2CC3CCC2C3)NC1. The number of nitrogens with one attached hydrogen (secondary N) is 1. The molecule has 2 aliphatic carbocycles. The first-order valence-electron chi connectivity index (χ1n) is 7.23. The molecule has 3 rings (SSSR count). The molecule has 1 aliphatic heterocycles. The summed E-state index contributed by atoms with van der Waals surface area (Å²) in [7, 11) is 0. The Labute approximate surface area is 99.1 Å². The van der Waals surface area contributed by atoms with Crippen molar-refractivity contribution in [3.05, 3.63) is 0 Å². The van der Waals surface area contributed by atoms with E-state index in [4.69, 9.17) is 4.74 Å². The zero-order valence-corrected chi connectivity index (χ0v) is 10.3. The minimum Gasteiger partial charge on any atom is -0.380 e. The summed E-state index contributed by atoms with van der Waals surface area (Å²) in [5, 5.41) is 3.55. The van der Waals surface area contributed by atoms with Gasteiger partial charge < -0.3 is 10.1 Å². The standard InChI is InChI=1S/C14H25NO/c1-2-6-15-14(3-1)10-16-9-13-8-11-4-5-12(13)7-11/h11-15H,1-10H2. The van der Waals surface area contributed by atoms with Crippen molar-refractivity contribution in [3.8, 4) is 0 Å². The van der Waals surface area contributed by atoms with Gasteiger partial charge in [0.25, 0.3) is 0 Å². The summed E-state index contributed by atoms with van der Waals surface area (Å²) >= 11 is 0. The van der Waals surface area contributed by atoms with Crippen molar-refractivity contribution in [1.82, 2.24) is 5.32 Å². The van der Waals surface area contributed by atoms with Crippen LogP contribution in [-0.4, -0.2) is 25.8 Å². The average molecular weight is 223 g/mol. The Bertz CT molecular complexity index is 225. The summed E-state index contributed by atoms with van der Waals surface area (Å²) in [4.78, 5) is 0. The van der Waals surface area contributed by atoms with Gasteiger partial charge in [-0.25, -0.2) is 0 Å². The minimum atomic E-state index is 0.646. The van der Waals surface area contributed by atoms with E-state index in [-0.39, 0.29) is 0 Å². The number of hydrogen-bond acceptors (Lipinski definition) is 2. The Morgan fingerprint density at radius 2 is 2.00 bits per heavy atom. The van der Waals surface area contributed by atoms with Crippen LogP contribution in [0.1, 0.15) is 44.9 Å². The predicted molar refractivity (Wildman–Crippen MR) is 65.4 cm³/mol. The molecule has 2 heteroatoms. The van der Waals surface area contributed by atoms with Gasteiger partial charge in [0.05, 0.1) is 6.61 Å². The van der Waals surface area contributed by atoms with E-state index in [0.29, 0.717) is 6.04 Å². The molecule has 92 valence electrons. The van der Waals surface area contributed by atoms with Crippen LogP contribution in [0, 0.1) is 17.8 Å². The highest BCUT2D eigenvalue weighted by atomic mass is 16.5. The third-order valence-electron chi connectivity index (χ3n) is 4.95. The fourth-order valence-corrected chi connectivity index (χ4v) is 4.01. The molecular formula is C14H25NO. The van der Waals surface area contributed by atoms with Gasteiger partial charge in [-0.3, -0.25) is 0 Å². The lowest BCUT2D eigenvalue weighted by molar-refractivity contribution is 0.0588. The third-order valence-corrected chi connectivity index (χ3v) is 4.95. The van der Waals surface area contributed by atoms with Crippen LogP contribution in [-0.2, 0) is 4.74 Å². The molecule has 0 aromatic rings. The molecule has 0 aromatic heterocycles. The topological polar surface area (TPSA) is 21.3 Å². The molecular weight excluding hydrogens is 198 g/mol. The van der Waals surface area contributed by atoms with Gasteiger partial charge in [0, 0.05) is 12.6 Å². The van der Waals surface area contributed by atoms with Crippen LogP contribution in [0.4, 0.5) is 0 Å². The van der Waals surface area contributed by atoms with Crippen molar-refractivity contribution in [2.75, 3.05) is 19.8 Å². The summed E-state index contributed by atoms with van der Waals surface area (Å²) in [6.07, 6.45) is 10.0. The van der Waals surface area contributed by atoms with Crippen molar-refractivity contribution in [3.63, 3.8) is 0 Å². The number of fused-ring (bicyclic) bond motifs is 2. The lowest BCUT2D eigenvalue weighted by Gasteiger charge is -2.26. The Kier molecular flexibility index (Phi) is 3.49. The molecule has 4 atom stereocenters. The summed E-state index contributed by atoms with van der Waals surface area (Å²) in [5.74, 6) is 2.98. The maximum Gasteiger partial charge on any atom is 0.0619 e. The zero-order chi connectivity index (χ0) is 10.8. The second-order valence-corrected chi connectivity index (χ2v) is 6.12. The largest absolute Gasteiger partial charge is 0.380 e. The lowest BCUT2D eigenvalue weighted by atomic mass is 9.89. The van der Waals surface area contributed by atoms with E-state index < -0.39 is 0 Å². The van der Waals surface area contributed by atoms with E-state index in [1.54, 1.807) is 0 Å². The smallest absolute Gasteiger partial charge is 0.0619 e. The minimum absolute atomic E-state index is 0.646. The molecule has 0 aromatic carbocycles. The van der Waals surface area contributed by atoms with Crippen LogP contribution < -0.4 is 5.32 Å². The van der Waals surface area contributed by atoms with E-state index in [1.807, 2.05) is 0 Å². The molecule has 4 unspecified atom stereocenters. The molecule has 2 saturated carbocycles. The first-order chi connectivity index (χ1) is 7.92. The summed E-state index contributed by atoms with van der Waals surface area (Å²) in [6, 6.07) is 0.646. The van der Waals surface area contributed by atoms with Gasteiger partial charge in [-0.05, 0) is 56.4 Å². The monoisotopic (exact) mass is 223 g/mol. The van der Waals surface area contributed by atoms with Gasteiger partial charge in [-0.2, -0.15) is 0 Å². The van der Waals surface area contributed by atoms with Crippen LogP contribution in [0.2, 0.25) is 0 Å². The molecule has 0 amide bonds. The molecule has 0 radical (unpaired) electrons. The van der Waals surface area contributed by atoms with E-state index in [9.17, 15) is 0 Å². The summed E-state index contributed by atoms with van der Waals surface area (Å²) in [6.45, 7) is 3.19. The highest BCUT2D eigenvalue weighted by Gasteiger charge is 2.39. The first-order valence-corrected chi connectivity index (χ1v) is 7.23. The predicted octanol–water partition coefficient (Wildman–Crippen LogP) is 2.58. The van der Waals surface area contributed by atoms with E-state index in [2.05, 4.69) is 5.32 Å². The van der Waals surface area contributed by atoms with E-state index in [1.165, 1.54) is 51.5 Å². The molecule has 1 N–H and O–H groups in total. The zero-order valence-electron chi connectivity index (χ0n) is 10.3. The van der Waals surface area contributed by atoms with Crippen molar-refractivity contribution in [2.45, 2.75) is 51.0 Å². The fourth-order valence-electron chi connectivity index (χ4n) is 4.01. The molecule has 3 fully saturated rings. The Morgan fingerprint density at radius 1 is 1.00 bits per heavy atom. The van der Waals surface area contributed by atoms with Gasteiger partial charge in [-0.1, -0.05) is 12.8 Å². The van der Waals surface area contributed by atoms with Gasteiger partial charge in [0.1, 0.15) is 0 Å².